The van der Waals surface area contributed by atoms with Gasteiger partial charge >= 0.3 is 12.2 Å². The number of rotatable bonds is 3. The SMILES string of the molecule is [N-]=[N+]=CC(=O)Oc1ccc(-c2ccccc2)cc1. The second-order valence-corrected chi connectivity index (χ2v) is 3.56. The van der Waals surface area contributed by atoms with Crippen LogP contribution < -0.4 is 4.74 Å². The molecule has 0 unspecified atom stereocenters. The normalized spacial score (nSPS) is 9.33. The maximum Gasteiger partial charge on any atom is 0.419 e. The highest BCUT2D eigenvalue weighted by molar-refractivity contribution is 6.21. The molecule has 0 aliphatic rings. The van der Waals surface area contributed by atoms with Crippen molar-refractivity contribution in [3.8, 4) is 16.9 Å². The van der Waals surface area contributed by atoms with Gasteiger partial charge in [0, 0.05) is 0 Å². The molecule has 0 amide bonds. The molecule has 0 radical (unpaired) electrons. The van der Waals surface area contributed by atoms with Gasteiger partial charge in [-0.1, -0.05) is 42.5 Å². The van der Waals surface area contributed by atoms with Crippen LogP contribution in [0.5, 0.6) is 5.75 Å². The number of esters is 1. The minimum atomic E-state index is -0.718. The molecule has 4 nitrogen and oxygen atoms in total. The quantitative estimate of drug-likeness (QED) is 0.271. The Kier molecular flexibility index (Phi) is 3.64. The van der Waals surface area contributed by atoms with E-state index >= 15 is 0 Å². The Morgan fingerprint density at radius 2 is 1.61 bits per heavy atom. The average molecular weight is 238 g/mol. The zero-order valence-corrected chi connectivity index (χ0v) is 9.48. The molecule has 2 rings (SSSR count). The number of hydrogen-bond acceptors (Lipinski definition) is 2. The maximum absolute atomic E-state index is 11.0. The van der Waals surface area contributed by atoms with Crippen molar-refractivity contribution >= 4 is 12.2 Å². The van der Waals surface area contributed by atoms with Gasteiger partial charge in [0.05, 0.1) is 0 Å². The Hall–Kier alpha value is -2.71. The van der Waals surface area contributed by atoms with Crippen molar-refractivity contribution in [2.45, 2.75) is 0 Å². The lowest BCUT2D eigenvalue weighted by Gasteiger charge is -2.03. The Balaban J connectivity index is 2.16. The van der Waals surface area contributed by atoms with Gasteiger partial charge in [-0.2, -0.15) is 4.79 Å². The second-order valence-electron chi connectivity index (χ2n) is 3.56. The van der Waals surface area contributed by atoms with E-state index in [1.54, 1.807) is 12.1 Å². The smallest absolute Gasteiger partial charge is 0.418 e. The predicted octanol–water partition coefficient (Wildman–Crippen LogP) is 2.56. The van der Waals surface area contributed by atoms with Crippen molar-refractivity contribution < 1.29 is 14.3 Å². The van der Waals surface area contributed by atoms with Crippen molar-refractivity contribution in [1.82, 2.24) is 0 Å². The molecule has 0 aliphatic carbocycles. The van der Waals surface area contributed by atoms with E-state index in [1.807, 2.05) is 42.5 Å². The molecular weight excluding hydrogens is 228 g/mol. The van der Waals surface area contributed by atoms with E-state index in [1.165, 1.54) is 0 Å². The minimum absolute atomic E-state index is 0.402. The molecule has 0 saturated carbocycles. The summed E-state index contributed by atoms with van der Waals surface area (Å²) in [4.78, 5) is 13.6. The molecule has 0 bridgehead atoms. The molecule has 0 atom stereocenters. The molecule has 88 valence electrons. The zero-order chi connectivity index (χ0) is 12.8. The van der Waals surface area contributed by atoms with Crippen LogP contribution in [-0.4, -0.2) is 17.0 Å². The van der Waals surface area contributed by atoms with Gasteiger partial charge in [0.1, 0.15) is 5.75 Å². The van der Waals surface area contributed by atoms with E-state index in [0.717, 1.165) is 11.1 Å². The number of hydrogen-bond donors (Lipinski definition) is 0. The predicted molar refractivity (Wildman–Crippen MR) is 67.2 cm³/mol. The van der Waals surface area contributed by atoms with Crippen LogP contribution in [0.4, 0.5) is 0 Å². The Bertz CT molecular complexity index is 585. The van der Waals surface area contributed by atoms with Crippen LogP contribution in [0.2, 0.25) is 0 Å². The van der Waals surface area contributed by atoms with Crippen LogP contribution in [0.1, 0.15) is 0 Å². The lowest BCUT2D eigenvalue weighted by atomic mass is 10.1. The zero-order valence-electron chi connectivity index (χ0n) is 9.48. The molecule has 0 heterocycles. The van der Waals surface area contributed by atoms with Gasteiger partial charge in [-0.05, 0) is 23.3 Å². The van der Waals surface area contributed by atoms with Crippen LogP contribution in [0.3, 0.4) is 0 Å². The minimum Gasteiger partial charge on any atom is -0.418 e. The number of benzene rings is 2. The fraction of sp³-hybridized carbons (Fsp3) is 0. The van der Waals surface area contributed by atoms with E-state index in [-0.39, 0.29) is 0 Å². The number of carbonyl (C=O) groups excluding carboxylic acids is 1. The molecule has 0 fully saturated rings. The maximum atomic E-state index is 11.0. The van der Waals surface area contributed by atoms with Crippen molar-refractivity contribution in [3.63, 3.8) is 0 Å². The molecule has 0 aliphatic heterocycles. The van der Waals surface area contributed by atoms with Gasteiger partial charge in [-0.3, -0.25) is 0 Å². The first kappa shape index (κ1) is 11.8. The average Bonchev–Trinajstić information content (AvgIpc) is 2.41. The first-order valence-corrected chi connectivity index (χ1v) is 5.34. The Labute approximate surface area is 104 Å². The molecule has 2 aromatic carbocycles. The summed E-state index contributed by atoms with van der Waals surface area (Å²) in [5.74, 6) is -0.315. The number of ether oxygens (including phenoxy) is 1. The third-order valence-electron chi connectivity index (χ3n) is 2.34. The summed E-state index contributed by atoms with van der Waals surface area (Å²) in [6.45, 7) is 0. The summed E-state index contributed by atoms with van der Waals surface area (Å²) >= 11 is 0. The monoisotopic (exact) mass is 238 g/mol. The molecule has 0 aromatic heterocycles. The lowest BCUT2D eigenvalue weighted by Crippen LogP contribution is -2.09. The van der Waals surface area contributed by atoms with Crippen molar-refractivity contribution in [3.05, 3.63) is 60.1 Å². The molecule has 2 aromatic rings. The van der Waals surface area contributed by atoms with Crippen LogP contribution in [0.15, 0.2) is 54.6 Å². The standard InChI is InChI=1S/C14H10N2O2/c15-16-10-14(17)18-13-8-6-12(7-9-13)11-4-2-1-3-5-11/h1-10H. The molecule has 0 N–H and O–H groups in total. The summed E-state index contributed by atoms with van der Waals surface area (Å²) in [7, 11) is 0. The topological polar surface area (TPSA) is 62.7 Å². The highest BCUT2D eigenvalue weighted by Gasteiger charge is 2.05. The fourth-order valence-electron chi connectivity index (χ4n) is 1.54. The van der Waals surface area contributed by atoms with Gasteiger partial charge in [0.25, 0.3) is 0 Å². The molecule has 18 heavy (non-hydrogen) atoms. The van der Waals surface area contributed by atoms with Crippen LogP contribution in [0, 0.1) is 0 Å². The summed E-state index contributed by atoms with van der Waals surface area (Å²) in [5.41, 5.74) is 10.3. The second kappa shape index (κ2) is 5.57. The first-order valence-electron chi connectivity index (χ1n) is 5.34. The van der Waals surface area contributed by atoms with Crippen molar-refractivity contribution in [1.29, 1.82) is 0 Å². The molecule has 4 heteroatoms. The molecule has 0 saturated heterocycles. The summed E-state index contributed by atoms with van der Waals surface area (Å²) in [6.07, 6.45) is 0.700. The van der Waals surface area contributed by atoms with Crippen LogP contribution in [0.25, 0.3) is 16.7 Å². The highest BCUT2D eigenvalue weighted by Crippen LogP contribution is 2.21. The summed E-state index contributed by atoms with van der Waals surface area (Å²) in [5, 5.41) is 0. The van der Waals surface area contributed by atoms with Gasteiger partial charge in [-0.15, -0.1) is 0 Å². The number of carbonyl (C=O) groups is 1. The van der Waals surface area contributed by atoms with Crippen molar-refractivity contribution in [2.75, 3.05) is 0 Å². The van der Waals surface area contributed by atoms with Crippen LogP contribution in [-0.2, 0) is 4.79 Å². The van der Waals surface area contributed by atoms with Gasteiger partial charge in [-0.25, -0.2) is 4.79 Å². The summed E-state index contributed by atoms with van der Waals surface area (Å²) < 4.78 is 4.90. The summed E-state index contributed by atoms with van der Waals surface area (Å²) in [6, 6.07) is 17.0. The molecule has 0 spiro atoms. The Morgan fingerprint density at radius 3 is 2.22 bits per heavy atom. The van der Waals surface area contributed by atoms with E-state index in [2.05, 4.69) is 4.79 Å². The number of nitrogens with zero attached hydrogens (tertiary/aromatic N) is 2. The third kappa shape index (κ3) is 2.90. The van der Waals surface area contributed by atoms with Gasteiger partial charge in [0.15, 0.2) is 0 Å². The van der Waals surface area contributed by atoms with Crippen LogP contribution >= 0.6 is 0 Å². The molecular formula is C14H10N2O2. The first-order chi connectivity index (χ1) is 8.79. The van der Waals surface area contributed by atoms with Crippen molar-refractivity contribution in [2.24, 2.45) is 0 Å². The van der Waals surface area contributed by atoms with E-state index < -0.39 is 5.97 Å². The third-order valence-corrected chi connectivity index (χ3v) is 2.34. The Morgan fingerprint density at radius 1 is 1.00 bits per heavy atom. The van der Waals surface area contributed by atoms with E-state index in [4.69, 9.17) is 10.3 Å². The van der Waals surface area contributed by atoms with Gasteiger partial charge in [0.2, 0.25) is 0 Å². The van der Waals surface area contributed by atoms with E-state index in [0.29, 0.717) is 12.0 Å². The van der Waals surface area contributed by atoms with Gasteiger partial charge < -0.3 is 10.3 Å². The highest BCUT2D eigenvalue weighted by atomic mass is 16.5. The van der Waals surface area contributed by atoms with E-state index in [9.17, 15) is 4.79 Å². The largest absolute Gasteiger partial charge is 0.419 e. The lowest BCUT2D eigenvalue weighted by molar-refractivity contribution is -0.130. The fourth-order valence-corrected chi connectivity index (χ4v) is 1.54.